The van der Waals surface area contributed by atoms with E-state index < -0.39 is 0 Å². The van der Waals surface area contributed by atoms with Gasteiger partial charge >= 0.3 is 0 Å². The van der Waals surface area contributed by atoms with Crippen LogP contribution in [0.25, 0.3) is 0 Å². The van der Waals surface area contributed by atoms with Crippen molar-refractivity contribution in [1.82, 2.24) is 0 Å². The Morgan fingerprint density at radius 2 is 2.20 bits per heavy atom. The monoisotopic (exact) mass is 138 g/mol. The molecule has 1 atom stereocenters. The summed E-state index contributed by atoms with van der Waals surface area (Å²) in [5.41, 5.74) is 3.84. The second-order valence-electron chi connectivity index (χ2n) is 2.04. The summed E-state index contributed by atoms with van der Waals surface area (Å²) in [6.45, 7) is 0. The van der Waals surface area contributed by atoms with Gasteiger partial charge in [-0.05, 0) is 6.07 Å². The third-order valence-corrected chi connectivity index (χ3v) is 1.40. The van der Waals surface area contributed by atoms with Gasteiger partial charge in [-0.25, -0.2) is 5.48 Å². The van der Waals surface area contributed by atoms with Crippen LogP contribution in [0.15, 0.2) is 24.3 Å². The van der Waals surface area contributed by atoms with Crippen molar-refractivity contribution in [3.63, 3.8) is 0 Å². The van der Waals surface area contributed by atoms with E-state index in [1.165, 1.54) is 0 Å². The SMILES string of the molecule is [O-][NH+]1ONc2ccccc21. The van der Waals surface area contributed by atoms with Crippen molar-refractivity contribution in [1.29, 1.82) is 0 Å². The van der Waals surface area contributed by atoms with Crippen LogP contribution >= 0.6 is 0 Å². The van der Waals surface area contributed by atoms with Crippen LogP contribution in [0.4, 0.5) is 11.4 Å². The van der Waals surface area contributed by atoms with E-state index in [1.54, 1.807) is 18.2 Å². The summed E-state index contributed by atoms with van der Waals surface area (Å²) in [6, 6.07) is 7.15. The highest BCUT2D eigenvalue weighted by Gasteiger charge is 2.17. The Hall–Kier alpha value is -1.10. The fourth-order valence-electron chi connectivity index (χ4n) is 0.906. The molecule has 0 bridgehead atoms. The number of hydrogen-bond acceptors (Lipinski definition) is 3. The molecule has 10 heavy (non-hydrogen) atoms. The van der Waals surface area contributed by atoms with Gasteiger partial charge in [-0.3, -0.25) is 0 Å². The van der Waals surface area contributed by atoms with Crippen molar-refractivity contribution in [2.75, 3.05) is 5.48 Å². The first-order valence-electron chi connectivity index (χ1n) is 2.94. The fraction of sp³-hybridized carbons (Fsp3) is 0. The van der Waals surface area contributed by atoms with Gasteiger partial charge in [-0.2, -0.15) is 5.23 Å². The van der Waals surface area contributed by atoms with Gasteiger partial charge in [-0.15, -0.1) is 0 Å². The number of rotatable bonds is 0. The van der Waals surface area contributed by atoms with Crippen LogP contribution in [0.1, 0.15) is 0 Å². The van der Waals surface area contributed by atoms with Crippen LogP contribution in [0.5, 0.6) is 0 Å². The lowest BCUT2D eigenvalue weighted by molar-refractivity contribution is -0.984. The van der Waals surface area contributed by atoms with Gasteiger partial charge in [0.1, 0.15) is 5.69 Å². The number of benzene rings is 1. The first-order valence-corrected chi connectivity index (χ1v) is 2.94. The standard InChI is InChI=1S/C6H6N2O2/c9-8-6-4-2-1-3-5(6)7-10-8/h1-4,7-8H. The van der Waals surface area contributed by atoms with Gasteiger partial charge in [0.15, 0.2) is 5.69 Å². The van der Waals surface area contributed by atoms with E-state index in [0.29, 0.717) is 5.69 Å². The van der Waals surface area contributed by atoms with E-state index >= 15 is 0 Å². The first kappa shape index (κ1) is 5.67. The van der Waals surface area contributed by atoms with Crippen LogP contribution in [-0.2, 0) is 4.94 Å². The molecule has 1 aliphatic rings. The van der Waals surface area contributed by atoms with Gasteiger partial charge in [0.2, 0.25) is 0 Å². The smallest absolute Gasteiger partial charge is 0.191 e. The number of hydrogen-bond donors (Lipinski definition) is 2. The maximum absolute atomic E-state index is 10.8. The molecule has 4 heteroatoms. The topological polar surface area (TPSA) is 48.8 Å². The minimum absolute atomic E-state index is 0.310. The molecule has 0 radical (unpaired) electrons. The largest absolute Gasteiger partial charge is 0.593 e. The zero-order valence-corrected chi connectivity index (χ0v) is 5.13. The van der Waals surface area contributed by atoms with Crippen LogP contribution < -0.4 is 10.7 Å². The first-order chi connectivity index (χ1) is 4.88. The van der Waals surface area contributed by atoms with Crippen molar-refractivity contribution < 1.29 is 10.2 Å². The third kappa shape index (κ3) is 0.672. The van der Waals surface area contributed by atoms with Crippen LogP contribution in [0, 0.1) is 5.21 Å². The molecule has 1 aromatic carbocycles. The van der Waals surface area contributed by atoms with Crippen molar-refractivity contribution in [2.45, 2.75) is 0 Å². The predicted octanol–water partition coefficient (Wildman–Crippen LogP) is -0.0271. The fourth-order valence-corrected chi connectivity index (χ4v) is 0.906. The van der Waals surface area contributed by atoms with E-state index in [-0.39, 0.29) is 5.23 Å². The molecule has 2 N–H and O–H groups in total. The van der Waals surface area contributed by atoms with Gasteiger partial charge in [0.25, 0.3) is 0 Å². The number of para-hydroxylation sites is 1. The highest BCUT2D eigenvalue weighted by Crippen LogP contribution is 2.19. The quantitative estimate of drug-likeness (QED) is 0.495. The molecule has 1 aliphatic heterocycles. The van der Waals surface area contributed by atoms with Gasteiger partial charge in [-0.1, -0.05) is 17.1 Å². The zero-order valence-electron chi connectivity index (χ0n) is 5.13. The van der Waals surface area contributed by atoms with E-state index in [2.05, 4.69) is 10.4 Å². The summed E-state index contributed by atoms with van der Waals surface area (Å²) in [7, 11) is 0. The summed E-state index contributed by atoms with van der Waals surface area (Å²) >= 11 is 0. The Labute approximate surface area is 57.5 Å². The van der Waals surface area contributed by atoms with Crippen molar-refractivity contribution in [3.8, 4) is 0 Å². The Balaban J connectivity index is 2.51. The zero-order chi connectivity index (χ0) is 6.97. The molecule has 0 fully saturated rings. The Kier molecular flexibility index (Phi) is 1.10. The van der Waals surface area contributed by atoms with E-state index in [0.717, 1.165) is 5.69 Å². The summed E-state index contributed by atoms with van der Waals surface area (Å²) < 4.78 is 0. The van der Waals surface area contributed by atoms with Gasteiger partial charge in [0.05, 0.1) is 0 Å². The molecule has 4 nitrogen and oxygen atoms in total. The average Bonchev–Trinajstić information content (AvgIpc) is 2.34. The number of fused-ring (bicyclic) bond motifs is 1. The van der Waals surface area contributed by atoms with Crippen molar-refractivity contribution in [2.24, 2.45) is 0 Å². The Morgan fingerprint density at radius 3 is 3.00 bits per heavy atom. The minimum atomic E-state index is -0.310. The van der Waals surface area contributed by atoms with E-state index in [1.807, 2.05) is 6.07 Å². The van der Waals surface area contributed by atoms with Crippen LogP contribution in [-0.4, -0.2) is 0 Å². The number of anilines is 1. The summed E-state index contributed by atoms with van der Waals surface area (Å²) in [5, 5.41) is 10.5. The van der Waals surface area contributed by atoms with E-state index in [4.69, 9.17) is 0 Å². The Bertz CT molecular complexity index is 251. The maximum Gasteiger partial charge on any atom is 0.191 e. The van der Waals surface area contributed by atoms with Crippen LogP contribution in [0.2, 0.25) is 0 Å². The predicted molar refractivity (Wildman–Crippen MR) is 35.1 cm³/mol. The lowest BCUT2D eigenvalue weighted by Gasteiger charge is -2.07. The minimum Gasteiger partial charge on any atom is -0.593 e. The molecule has 1 heterocycles. The molecule has 0 amide bonds. The lowest BCUT2D eigenvalue weighted by Crippen LogP contribution is -2.99. The number of quaternary nitrogens is 1. The van der Waals surface area contributed by atoms with Gasteiger partial charge < -0.3 is 5.21 Å². The molecule has 1 unspecified atom stereocenters. The molecule has 0 aromatic heterocycles. The molecule has 0 aliphatic carbocycles. The molecular weight excluding hydrogens is 132 g/mol. The second kappa shape index (κ2) is 1.95. The highest BCUT2D eigenvalue weighted by atomic mass is 17.0. The second-order valence-corrected chi connectivity index (χ2v) is 2.04. The maximum atomic E-state index is 10.8. The molecule has 1 aromatic rings. The summed E-state index contributed by atoms with van der Waals surface area (Å²) in [4.78, 5) is 4.53. The van der Waals surface area contributed by atoms with E-state index in [9.17, 15) is 5.21 Å². The summed E-state index contributed by atoms with van der Waals surface area (Å²) in [6.07, 6.45) is 0. The highest BCUT2D eigenvalue weighted by molar-refractivity contribution is 5.60. The van der Waals surface area contributed by atoms with Crippen molar-refractivity contribution in [3.05, 3.63) is 29.5 Å². The number of nitrogens with one attached hydrogen (secondary N) is 2. The summed E-state index contributed by atoms with van der Waals surface area (Å²) in [5.74, 6) is 0. The van der Waals surface area contributed by atoms with Crippen molar-refractivity contribution >= 4 is 11.4 Å². The molecular formula is C6H6N2O2. The molecule has 0 saturated carbocycles. The van der Waals surface area contributed by atoms with Crippen LogP contribution in [0.3, 0.4) is 0 Å². The molecule has 0 spiro atoms. The lowest BCUT2D eigenvalue weighted by atomic mass is 10.3. The third-order valence-electron chi connectivity index (χ3n) is 1.40. The molecule has 2 rings (SSSR count). The normalized spacial score (nSPS) is 21.9. The van der Waals surface area contributed by atoms with Gasteiger partial charge in [0, 0.05) is 6.07 Å². The average molecular weight is 138 g/mol. The molecule has 52 valence electrons. The molecule has 0 saturated heterocycles. The Morgan fingerprint density at radius 1 is 1.40 bits per heavy atom.